The Kier molecular flexibility index (Phi) is 6.69. The lowest BCUT2D eigenvalue weighted by Crippen LogP contribution is -2.41. The number of ether oxygens (including phenoxy) is 1. The third kappa shape index (κ3) is 4.71. The Morgan fingerprint density at radius 1 is 1.25 bits per heavy atom. The molecule has 28 heavy (non-hydrogen) atoms. The number of sulfonamides is 1. The van der Waals surface area contributed by atoms with Crippen LogP contribution in [0.15, 0.2) is 27.5 Å². The predicted molar refractivity (Wildman–Crippen MR) is 109 cm³/mol. The number of amidine groups is 1. The summed E-state index contributed by atoms with van der Waals surface area (Å²) in [6.07, 6.45) is 1.92. The zero-order valence-corrected chi connectivity index (χ0v) is 17.3. The summed E-state index contributed by atoms with van der Waals surface area (Å²) in [4.78, 5) is 16.7. The van der Waals surface area contributed by atoms with Crippen molar-refractivity contribution in [1.82, 2.24) is 10.2 Å². The normalized spacial score (nSPS) is 19.1. The Balaban J connectivity index is 1.72. The van der Waals surface area contributed by atoms with Crippen LogP contribution in [0.1, 0.15) is 37.0 Å². The SMILES string of the molecule is CCCCN1C(C)=NS(=O)(=O)c2cc(C(=O)NCCN3CCOCC3)ccc21. The monoisotopic (exact) mass is 408 g/mol. The Morgan fingerprint density at radius 3 is 2.71 bits per heavy atom. The molecule has 0 aromatic heterocycles. The number of morpholine rings is 1. The molecule has 8 nitrogen and oxygen atoms in total. The highest BCUT2D eigenvalue weighted by Gasteiger charge is 2.29. The molecule has 154 valence electrons. The Morgan fingerprint density at radius 2 is 2.00 bits per heavy atom. The Labute approximate surface area is 166 Å². The van der Waals surface area contributed by atoms with Gasteiger partial charge in [0.15, 0.2) is 0 Å². The quantitative estimate of drug-likeness (QED) is 0.735. The van der Waals surface area contributed by atoms with E-state index in [4.69, 9.17) is 4.74 Å². The van der Waals surface area contributed by atoms with Crippen LogP contribution in [0, 0.1) is 0 Å². The van der Waals surface area contributed by atoms with Crippen LogP contribution in [0.4, 0.5) is 5.69 Å². The lowest BCUT2D eigenvalue weighted by atomic mass is 10.1. The molecule has 0 saturated carbocycles. The number of anilines is 1. The number of fused-ring (bicyclic) bond motifs is 1. The van der Waals surface area contributed by atoms with E-state index in [1.807, 2.05) is 4.90 Å². The molecule has 1 fully saturated rings. The smallest absolute Gasteiger partial charge is 0.286 e. The zero-order valence-electron chi connectivity index (χ0n) is 16.5. The van der Waals surface area contributed by atoms with E-state index >= 15 is 0 Å². The van der Waals surface area contributed by atoms with Crippen LogP contribution in [0.2, 0.25) is 0 Å². The Hall–Kier alpha value is -1.97. The van der Waals surface area contributed by atoms with Gasteiger partial charge in [0, 0.05) is 38.3 Å². The molecular weight excluding hydrogens is 380 g/mol. The van der Waals surface area contributed by atoms with Crippen molar-refractivity contribution in [3.8, 4) is 0 Å². The van der Waals surface area contributed by atoms with Gasteiger partial charge in [-0.1, -0.05) is 13.3 Å². The molecule has 0 atom stereocenters. The molecule has 1 saturated heterocycles. The molecule has 0 spiro atoms. The van der Waals surface area contributed by atoms with Gasteiger partial charge in [0.25, 0.3) is 15.9 Å². The molecule has 2 heterocycles. The van der Waals surface area contributed by atoms with Gasteiger partial charge in [-0.15, -0.1) is 4.40 Å². The first kappa shape index (κ1) is 20.8. The van der Waals surface area contributed by atoms with E-state index in [0.717, 1.165) is 32.5 Å². The second kappa shape index (κ2) is 9.02. The molecule has 0 unspecified atom stereocenters. The number of carbonyl (C=O) groups is 1. The van der Waals surface area contributed by atoms with Gasteiger partial charge in [-0.05, 0) is 31.5 Å². The highest BCUT2D eigenvalue weighted by atomic mass is 32.2. The second-order valence-electron chi connectivity index (χ2n) is 7.01. The summed E-state index contributed by atoms with van der Waals surface area (Å²) in [6.45, 7) is 8.86. The summed E-state index contributed by atoms with van der Waals surface area (Å²) in [6, 6.07) is 4.82. The predicted octanol–water partition coefficient (Wildman–Crippen LogP) is 1.48. The Bertz CT molecular complexity index is 847. The summed E-state index contributed by atoms with van der Waals surface area (Å²) < 4.78 is 34.3. The van der Waals surface area contributed by atoms with Gasteiger partial charge in [0.05, 0.1) is 18.9 Å². The number of rotatable bonds is 7. The zero-order chi connectivity index (χ0) is 20.1. The number of carbonyl (C=O) groups excluding carboxylic acids is 1. The van der Waals surface area contributed by atoms with Crippen LogP contribution < -0.4 is 10.2 Å². The molecular formula is C19H28N4O4S. The minimum Gasteiger partial charge on any atom is -0.379 e. The van der Waals surface area contributed by atoms with Crippen molar-refractivity contribution in [2.45, 2.75) is 31.6 Å². The van der Waals surface area contributed by atoms with E-state index in [1.54, 1.807) is 19.1 Å². The average Bonchev–Trinajstić information content (AvgIpc) is 2.68. The van der Waals surface area contributed by atoms with Crippen molar-refractivity contribution >= 4 is 27.5 Å². The molecule has 1 aromatic rings. The number of nitrogens with one attached hydrogen (secondary N) is 1. The number of nitrogens with zero attached hydrogens (tertiary/aromatic N) is 3. The number of unbranched alkanes of at least 4 members (excludes halogenated alkanes) is 1. The highest BCUT2D eigenvalue weighted by Crippen LogP contribution is 2.32. The maximum atomic E-state index is 12.5. The van der Waals surface area contributed by atoms with Crippen molar-refractivity contribution in [3.05, 3.63) is 23.8 Å². The van der Waals surface area contributed by atoms with Crippen molar-refractivity contribution in [2.75, 3.05) is 50.8 Å². The molecule has 9 heteroatoms. The summed E-state index contributed by atoms with van der Waals surface area (Å²) in [5, 5.41) is 2.87. The number of amides is 1. The molecule has 0 aliphatic carbocycles. The summed E-state index contributed by atoms with van der Waals surface area (Å²) in [5.41, 5.74) is 0.917. The topological polar surface area (TPSA) is 91.3 Å². The van der Waals surface area contributed by atoms with E-state index < -0.39 is 10.0 Å². The lowest BCUT2D eigenvalue weighted by Gasteiger charge is -2.29. The summed E-state index contributed by atoms with van der Waals surface area (Å²) in [7, 11) is -3.80. The van der Waals surface area contributed by atoms with Crippen LogP contribution >= 0.6 is 0 Å². The molecule has 0 radical (unpaired) electrons. The number of benzene rings is 1. The molecule has 2 aliphatic heterocycles. The molecule has 3 rings (SSSR count). The van der Waals surface area contributed by atoms with Gasteiger partial charge < -0.3 is 15.0 Å². The van der Waals surface area contributed by atoms with Gasteiger partial charge >= 0.3 is 0 Å². The van der Waals surface area contributed by atoms with E-state index in [-0.39, 0.29) is 10.8 Å². The van der Waals surface area contributed by atoms with Crippen LogP contribution in [0.5, 0.6) is 0 Å². The lowest BCUT2D eigenvalue weighted by molar-refractivity contribution is 0.0383. The van der Waals surface area contributed by atoms with Gasteiger partial charge in [-0.3, -0.25) is 9.69 Å². The fourth-order valence-corrected chi connectivity index (χ4v) is 4.65. The minimum absolute atomic E-state index is 0.0926. The van der Waals surface area contributed by atoms with Gasteiger partial charge in [0.1, 0.15) is 10.7 Å². The molecule has 0 bridgehead atoms. The third-order valence-corrected chi connectivity index (χ3v) is 6.37. The largest absolute Gasteiger partial charge is 0.379 e. The second-order valence-corrected chi connectivity index (χ2v) is 8.58. The summed E-state index contributed by atoms with van der Waals surface area (Å²) >= 11 is 0. The first-order valence-electron chi connectivity index (χ1n) is 9.74. The van der Waals surface area contributed by atoms with E-state index in [1.165, 1.54) is 6.07 Å². The maximum Gasteiger partial charge on any atom is 0.286 e. The number of hydrogen-bond acceptors (Lipinski definition) is 6. The van der Waals surface area contributed by atoms with Gasteiger partial charge in [-0.25, -0.2) is 0 Å². The van der Waals surface area contributed by atoms with Crippen molar-refractivity contribution in [3.63, 3.8) is 0 Å². The van der Waals surface area contributed by atoms with E-state index in [2.05, 4.69) is 21.5 Å². The average molecular weight is 409 g/mol. The highest BCUT2D eigenvalue weighted by molar-refractivity contribution is 7.90. The fraction of sp³-hybridized carbons (Fsp3) is 0.579. The van der Waals surface area contributed by atoms with Crippen LogP contribution in [0.3, 0.4) is 0 Å². The maximum absolute atomic E-state index is 12.5. The minimum atomic E-state index is -3.80. The van der Waals surface area contributed by atoms with Crippen molar-refractivity contribution in [2.24, 2.45) is 4.40 Å². The number of hydrogen-bond donors (Lipinski definition) is 1. The molecule has 2 aliphatic rings. The van der Waals surface area contributed by atoms with Crippen molar-refractivity contribution in [1.29, 1.82) is 0 Å². The third-order valence-electron chi connectivity index (χ3n) is 4.99. The first-order chi connectivity index (χ1) is 13.4. The van der Waals surface area contributed by atoms with Crippen LogP contribution in [0.25, 0.3) is 0 Å². The standard InChI is InChI=1S/C19H28N4O4S/c1-3-4-8-23-15(2)21-28(25,26)18-14-16(5-6-17(18)23)19(24)20-7-9-22-10-12-27-13-11-22/h5-6,14H,3-4,7-13H2,1-2H3,(H,20,24). The van der Waals surface area contributed by atoms with E-state index in [9.17, 15) is 13.2 Å². The first-order valence-corrected chi connectivity index (χ1v) is 11.2. The molecule has 1 aromatic carbocycles. The molecule has 1 N–H and O–H groups in total. The van der Waals surface area contributed by atoms with Crippen LogP contribution in [-0.2, 0) is 14.8 Å². The van der Waals surface area contributed by atoms with Gasteiger partial charge in [-0.2, -0.15) is 8.42 Å². The fourth-order valence-electron chi connectivity index (χ4n) is 3.38. The van der Waals surface area contributed by atoms with Crippen LogP contribution in [-0.4, -0.2) is 71.0 Å². The van der Waals surface area contributed by atoms with Gasteiger partial charge in [0.2, 0.25) is 0 Å². The summed E-state index contributed by atoms with van der Waals surface area (Å²) in [5.74, 6) is 0.182. The van der Waals surface area contributed by atoms with E-state index in [0.29, 0.717) is 43.4 Å². The van der Waals surface area contributed by atoms with Crippen molar-refractivity contribution < 1.29 is 17.9 Å². The molecule has 1 amide bonds.